The number of aliphatic hydroxyl groups excluding tert-OH is 1. The van der Waals surface area contributed by atoms with Gasteiger partial charge in [-0.15, -0.1) is 0 Å². The number of nitrogens with zero attached hydrogens (tertiary/aromatic N) is 3. The van der Waals surface area contributed by atoms with Crippen molar-refractivity contribution in [2.45, 2.75) is 52.1 Å². The van der Waals surface area contributed by atoms with Crippen LogP contribution in [0.3, 0.4) is 0 Å². The van der Waals surface area contributed by atoms with Gasteiger partial charge in [-0.2, -0.15) is 5.10 Å². The summed E-state index contributed by atoms with van der Waals surface area (Å²) in [6.45, 7) is 10.9. The van der Waals surface area contributed by atoms with E-state index in [0.29, 0.717) is 12.0 Å². The smallest absolute Gasteiger partial charge is 0.131 e. The van der Waals surface area contributed by atoms with E-state index in [9.17, 15) is 5.11 Å². The van der Waals surface area contributed by atoms with Crippen LogP contribution in [0.2, 0.25) is 0 Å². The van der Waals surface area contributed by atoms with Crippen LogP contribution in [0.5, 0.6) is 0 Å². The molecular weight excluding hydrogens is 292 g/mol. The minimum Gasteiger partial charge on any atom is -0.396 e. The Labute approximate surface area is 139 Å². The summed E-state index contributed by atoms with van der Waals surface area (Å²) >= 11 is 0. The van der Waals surface area contributed by atoms with E-state index in [1.54, 1.807) is 0 Å². The number of aryl methyl sites for hydroxylation is 1. The number of hydrogen-bond acceptors (Lipinski definition) is 5. The third-order valence-corrected chi connectivity index (χ3v) is 4.54. The number of ether oxygens (including phenoxy) is 1. The zero-order valence-electron chi connectivity index (χ0n) is 15.0. The Morgan fingerprint density at radius 1 is 1.30 bits per heavy atom. The second-order valence-corrected chi connectivity index (χ2v) is 6.56. The first-order valence-electron chi connectivity index (χ1n) is 8.81. The van der Waals surface area contributed by atoms with Crippen LogP contribution < -0.4 is 10.2 Å². The normalized spacial score (nSPS) is 17.0. The van der Waals surface area contributed by atoms with E-state index in [1.165, 1.54) is 17.1 Å². The Bertz CT molecular complexity index is 481. The van der Waals surface area contributed by atoms with Gasteiger partial charge in [0.2, 0.25) is 0 Å². The van der Waals surface area contributed by atoms with Crippen molar-refractivity contribution in [3.63, 3.8) is 0 Å². The molecule has 2 heterocycles. The van der Waals surface area contributed by atoms with E-state index in [4.69, 9.17) is 9.84 Å². The number of anilines is 1. The van der Waals surface area contributed by atoms with Gasteiger partial charge in [0.05, 0.1) is 18.9 Å². The predicted molar refractivity (Wildman–Crippen MR) is 93.0 cm³/mol. The van der Waals surface area contributed by atoms with E-state index >= 15 is 0 Å². The van der Waals surface area contributed by atoms with Crippen molar-refractivity contribution in [2.24, 2.45) is 7.05 Å². The molecule has 132 valence electrons. The van der Waals surface area contributed by atoms with E-state index in [1.807, 2.05) is 11.7 Å². The predicted octanol–water partition coefficient (Wildman–Crippen LogP) is 1.63. The fourth-order valence-electron chi connectivity index (χ4n) is 3.24. The molecule has 0 amide bonds. The molecule has 2 rings (SSSR count). The highest BCUT2D eigenvalue weighted by Gasteiger charge is 2.24. The molecule has 1 aliphatic heterocycles. The van der Waals surface area contributed by atoms with Crippen LogP contribution in [0.15, 0.2) is 0 Å². The average Bonchev–Trinajstić information content (AvgIpc) is 2.89. The van der Waals surface area contributed by atoms with Crippen molar-refractivity contribution in [3.8, 4) is 0 Å². The quantitative estimate of drug-likeness (QED) is 0.761. The number of rotatable bonds is 8. The highest BCUT2D eigenvalue weighted by atomic mass is 16.5. The second-order valence-electron chi connectivity index (χ2n) is 6.56. The number of hydrogen-bond donors (Lipinski definition) is 2. The Balaban J connectivity index is 2.23. The third kappa shape index (κ3) is 4.46. The van der Waals surface area contributed by atoms with Gasteiger partial charge in [-0.1, -0.05) is 20.8 Å². The van der Waals surface area contributed by atoms with E-state index in [2.05, 4.69) is 31.0 Å². The molecule has 1 aromatic rings. The van der Waals surface area contributed by atoms with Gasteiger partial charge in [0.25, 0.3) is 0 Å². The summed E-state index contributed by atoms with van der Waals surface area (Å²) in [6.07, 6.45) is 1.81. The van der Waals surface area contributed by atoms with Gasteiger partial charge in [0.1, 0.15) is 5.82 Å². The molecule has 6 nitrogen and oxygen atoms in total. The minimum atomic E-state index is 0.228. The summed E-state index contributed by atoms with van der Waals surface area (Å²) < 4.78 is 7.51. The van der Waals surface area contributed by atoms with E-state index < -0.39 is 0 Å². The molecule has 1 unspecified atom stereocenters. The molecule has 0 bridgehead atoms. The SMILES string of the molecule is CCC(CCO)NCc1c(C(C)C)nn(C)c1N1CCOCC1. The standard InChI is InChI=1S/C17H32N4O2/c1-5-14(6-9-22)18-12-15-16(13(2)3)19-20(4)17(15)21-7-10-23-11-8-21/h13-14,18,22H,5-12H2,1-4H3. The molecule has 1 saturated heterocycles. The highest BCUT2D eigenvalue weighted by molar-refractivity contribution is 5.51. The molecule has 1 fully saturated rings. The Morgan fingerprint density at radius 3 is 2.57 bits per heavy atom. The molecule has 2 N–H and O–H groups in total. The van der Waals surface area contributed by atoms with Crippen molar-refractivity contribution in [3.05, 3.63) is 11.3 Å². The first-order valence-corrected chi connectivity index (χ1v) is 8.81. The maximum absolute atomic E-state index is 9.19. The van der Waals surface area contributed by atoms with Gasteiger partial charge in [0.15, 0.2) is 0 Å². The summed E-state index contributed by atoms with van der Waals surface area (Å²) in [5, 5.41) is 17.6. The van der Waals surface area contributed by atoms with Crippen LogP contribution in [0, 0.1) is 0 Å². The first kappa shape index (κ1) is 18.2. The number of aliphatic hydroxyl groups is 1. The first-order chi connectivity index (χ1) is 11.1. The van der Waals surface area contributed by atoms with Crippen molar-refractivity contribution in [2.75, 3.05) is 37.8 Å². The largest absolute Gasteiger partial charge is 0.396 e. The fraction of sp³-hybridized carbons (Fsp3) is 0.824. The molecule has 0 spiro atoms. The lowest BCUT2D eigenvalue weighted by Crippen LogP contribution is -2.38. The lowest BCUT2D eigenvalue weighted by Gasteiger charge is -2.30. The Hall–Kier alpha value is -1.11. The van der Waals surface area contributed by atoms with Crippen LogP contribution >= 0.6 is 0 Å². The summed E-state index contributed by atoms with van der Waals surface area (Å²) in [5.74, 6) is 1.61. The molecule has 0 radical (unpaired) electrons. The molecule has 1 aliphatic rings. The topological polar surface area (TPSA) is 62.5 Å². The van der Waals surface area contributed by atoms with Gasteiger partial charge >= 0.3 is 0 Å². The summed E-state index contributed by atoms with van der Waals surface area (Å²) in [6, 6.07) is 0.345. The lowest BCUT2D eigenvalue weighted by molar-refractivity contribution is 0.122. The molecular formula is C17H32N4O2. The fourth-order valence-corrected chi connectivity index (χ4v) is 3.24. The average molecular weight is 324 g/mol. The third-order valence-electron chi connectivity index (χ3n) is 4.54. The van der Waals surface area contributed by atoms with Crippen molar-refractivity contribution < 1.29 is 9.84 Å². The molecule has 0 aromatic carbocycles. The summed E-state index contributed by atoms with van der Waals surface area (Å²) in [5.41, 5.74) is 2.46. The summed E-state index contributed by atoms with van der Waals surface area (Å²) in [7, 11) is 2.03. The van der Waals surface area contributed by atoms with Gasteiger partial charge in [-0.25, -0.2) is 0 Å². The number of aromatic nitrogens is 2. The van der Waals surface area contributed by atoms with Gasteiger partial charge in [0, 0.05) is 44.9 Å². The van der Waals surface area contributed by atoms with Crippen LogP contribution in [-0.2, 0) is 18.3 Å². The van der Waals surface area contributed by atoms with Crippen molar-refractivity contribution in [1.82, 2.24) is 15.1 Å². The summed E-state index contributed by atoms with van der Waals surface area (Å²) in [4.78, 5) is 2.38. The Morgan fingerprint density at radius 2 is 2.00 bits per heavy atom. The van der Waals surface area contributed by atoms with Gasteiger partial charge < -0.3 is 20.1 Å². The molecule has 23 heavy (non-hydrogen) atoms. The Kier molecular flexibility index (Phi) is 6.87. The van der Waals surface area contributed by atoms with Crippen LogP contribution in [-0.4, -0.2) is 53.8 Å². The van der Waals surface area contributed by atoms with Crippen LogP contribution in [0.25, 0.3) is 0 Å². The maximum atomic E-state index is 9.19. The molecule has 1 atom stereocenters. The zero-order chi connectivity index (χ0) is 16.8. The number of nitrogens with one attached hydrogen (secondary N) is 1. The monoisotopic (exact) mass is 324 g/mol. The van der Waals surface area contributed by atoms with Crippen molar-refractivity contribution >= 4 is 5.82 Å². The second kappa shape index (κ2) is 8.66. The maximum Gasteiger partial charge on any atom is 0.131 e. The van der Waals surface area contributed by atoms with Gasteiger partial charge in [-0.05, 0) is 18.8 Å². The molecule has 0 saturated carbocycles. The van der Waals surface area contributed by atoms with Gasteiger partial charge in [-0.3, -0.25) is 4.68 Å². The van der Waals surface area contributed by atoms with Crippen LogP contribution in [0.1, 0.15) is 50.8 Å². The van der Waals surface area contributed by atoms with Crippen molar-refractivity contribution in [1.29, 1.82) is 0 Å². The van der Waals surface area contributed by atoms with E-state index in [-0.39, 0.29) is 6.61 Å². The minimum absolute atomic E-state index is 0.228. The van der Waals surface area contributed by atoms with E-state index in [0.717, 1.165) is 45.7 Å². The molecule has 1 aromatic heterocycles. The highest BCUT2D eigenvalue weighted by Crippen LogP contribution is 2.29. The number of morpholine rings is 1. The molecule has 6 heteroatoms. The molecule has 0 aliphatic carbocycles. The lowest BCUT2D eigenvalue weighted by atomic mass is 10.0. The van der Waals surface area contributed by atoms with Crippen LogP contribution in [0.4, 0.5) is 5.82 Å². The zero-order valence-corrected chi connectivity index (χ0v) is 15.0.